The molecule has 0 aliphatic carbocycles. The van der Waals surface area contributed by atoms with Crippen LogP contribution >= 0.6 is 11.6 Å². The van der Waals surface area contributed by atoms with Crippen LogP contribution in [-0.2, 0) is 11.0 Å². The van der Waals surface area contributed by atoms with Crippen LogP contribution in [0.1, 0.15) is 5.56 Å². The van der Waals surface area contributed by atoms with Crippen molar-refractivity contribution in [2.24, 2.45) is 5.73 Å². The Balaban J connectivity index is 2.84. The van der Waals surface area contributed by atoms with Crippen LogP contribution in [0.5, 0.6) is 0 Å². The summed E-state index contributed by atoms with van der Waals surface area (Å²) in [6.45, 7) is -0.361. The molecule has 0 spiro atoms. The predicted molar refractivity (Wildman–Crippen MR) is 57.9 cm³/mol. The highest BCUT2D eigenvalue weighted by atomic mass is 35.5. The molecule has 1 amide bonds. The van der Waals surface area contributed by atoms with E-state index < -0.39 is 23.8 Å². The maximum absolute atomic E-state index is 12.4. The van der Waals surface area contributed by atoms with E-state index in [4.69, 9.17) is 22.4 Å². The molecule has 4 N–H and O–H groups in total. The van der Waals surface area contributed by atoms with Crippen molar-refractivity contribution in [3.8, 4) is 0 Å². The van der Waals surface area contributed by atoms with Crippen molar-refractivity contribution < 1.29 is 23.1 Å². The van der Waals surface area contributed by atoms with Crippen molar-refractivity contribution in [3.05, 3.63) is 22.8 Å². The molecular formula is C9H9ClF3N3O2. The summed E-state index contributed by atoms with van der Waals surface area (Å²) in [6.07, 6.45) is -6.09. The highest BCUT2D eigenvalue weighted by molar-refractivity contribution is 6.29. The van der Waals surface area contributed by atoms with Crippen LogP contribution in [0, 0.1) is 0 Å². The Hall–Kier alpha value is -1.54. The third-order valence-electron chi connectivity index (χ3n) is 1.93. The van der Waals surface area contributed by atoms with E-state index in [-0.39, 0.29) is 17.5 Å². The summed E-state index contributed by atoms with van der Waals surface area (Å²) in [5.41, 5.74) is 3.79. The van der Waals surface area contributed by atoms with Crippen LogP contribution in [0.3, 0.4) is 0 Å². The lowest BCUT2D eigenvalue weighted by Gasteiger charge is -2.12. The number of aliphatic hydroxyl groups excluding tert-OH is 1. The molecule has 0 aliphatic rings. The maximum Gasteiger partial charge on any atom is 0.416 e. The molecule has 0 aromatic carbocycles. The van der Waals surface area contributed by atoms with Crippen LogP contribution in [0.2, 0.25) is 5.15 Å². The topological polar surface area (TPSA) is 88.2 Å². The van der Waals surface area contributed by atoms with Crippen LogP contribution in [0.4, 0.5) is 19.0 Å². The molecule has 5 nitrogen and oxygen atoms in total. The lowest BCUT2D eigenvalue weighted by molar-refractivity contribution is -0.137. The number of nitrogens with zero attached hydrogens (tertiary/aromatic N) is 1. The van der Waals surface area contributed by atoms with Gasteiger partial charge in [0.25, 0.3) is 0 Å². The number of carbonyl (C=O) groups excluding carboxylic acids is 1. The van der Waals surface area contributed by atoms with Gasteiger partial charge in [0.1, 0.15) is 17.1 Å². The number of nitrogens with one attached hydrogen (secondary N) is 1. The zero-order valence-electron chi connectivity index (χ0n) is 8.83. The van der Waals surface area contributed by atoms with Gasteiger partial charge in [-0.15, -0.1) is 0 Å². The molecule has 0 radical (unpaired) electrons. The van der Waals surface area contributed by atoms with E-state index in [0.717, 1.165) is 0 Å². The third kappa shape index (κ3) is 4.04. The van der Waals surface area contributed by atoms with Gasteiger partial charge < -0.3 is 16.2 Å². The van der Waals surface area contributed by atoms with Crippen LogP contribution in [0.15, 0.2) is 12.1 Å². The number of aromatic nitrogens is 1. The van der Waals surface area contributed by atoms with Gasteiger partial charge in [-0.2, -0.15) is 13.2 Å². The number of nitrogens with two attached hydrogens (primary N) is 1. The first-order chi connectivity index (χ1) is 8.20. The van der Waals surface area contributed by atoms with Gasteiger partial charge in [0.05, 0.1) is 12.1 Å². The molecule has 1 aromatic heterocycles. The standard InChI is InChI=1S/C9H9ClF3N3O2/c10-6-1-4(9(11,12)13)2-7(16-6)15-3-5(17)8(14)18/h1-2,5,17H,3H2,(H2,14,18)(H,15,16). The van der Waals surface area contributed by atoms with Crippen molar-refractivity contribution in [3.63, 3.8) is 0 Å². The largest absolute Gasteiger partial charge is 0.416 e. The minimum Gasteiger partial charge on any atom is -0.381 e. The Morgan fingerprint density at radius 1 is 1.56 bits per heavy atom. The van der Waals surface area contributed by atoms with Crippen molar-refractivity contribution in [1.29, 1.82) is 0 Å². The second kappa shape index (κ2) is 5.40. The number of anilines is 1. The molecule has 0 aliphatic heterocycles. The molecule has 1 atom stereocenters. The van der Waals surface area contributed by atoms with Crippen LogP contribution in [0.25, 0.3) is 0 Å². The summed E-state index contributed by atoms with van der Waals surface area (Å²) in [7, 11) is 0. The molecule has 100 valence electrons. The zero-order chi connectivity index (χ0) is 13.9. The van der Waals surface area contributed by atoms with E-state index in [1.165, 1.54) is 0 Å². The predicted octanol–water partition coefficient (Wildman–Crippen LogP) is 1.01. The van der Waals surface area contributed by atoms with Crippen molar-refractivity contribution in [2.75, 3.05) is 11.9 Å². The Labute approximate surface area is 105 Å². The van der Waals surface area contributed by atoms with Gasteiger partial charge in [0, 0.05) is 0 Å². The first-order valence-electron chi connectivity index (χ1n) is 4.66. The van der Waals surface area contributed by atoms with E-state index >= 15 is 0 Å². The fourth-order valence-electron chi connectivity index (χ4n) is 1.05. The lowest BCUT2D eigenvalue weighted by Crippen LogP contribution is -2.34. The molecule has 0 saturated heterocycles. The van der Waals surface area contributed by atoms with E-state index in [1.807, 2.05) is 0 Å². The Kier molecular flexibility index (Phi) is 4.36. The highest BCUT2D eigenvalue weighted by Gasteiger charge is 2.31. The Morgan fingerprint density at radius 3 is 2.67 bits per heavy atom. The fraction of sp³-hybridized carbons (Fsp3) is 0.333. The first kappa shape index (κ1) is 14.5. The minimum atomic E-state index is -4.56. The van der Waals surface area contributed by atoms with Gasteiger partial charge in [-0.05, 0) is 12.1 Å². The van der Waals surface area contributed by atoms with E-state index in [0.29, 0.717) is 12.1 Å². The average Bonchev–Trinajstić information content (AvgIpc) is 2.23. The third-order valence-corrected chi connectivity index (χ3v) is 2.12. The quantitative estimate of drug-likeness (QED) is 0.720. The smallest absolute Gasteiger partial charge is 0.381 e. The van der Waals surface area contributed by atoms with Crippen molar-refractivity contribution >= 4 is 23.3 Å². The molecular weight excluding hydrogens is 275 g/mol. The average molecular weight is 284 g/mol. The number of amides is 1. The first-order valence-corrected chi connectivity index (χ1v) is 5.04. The van der Waals surface area contributed by atoms with E-state index in [1.54, 1.807) is 0 Å². The summed E-state index contributed by atoms with van der Waals surface area (Å²) in [5.74, 6) is -1.21. The summed E-state index contributed by atoms with van der Waals surface area (Å²) < 4.78 is 37.3. The number of pyridine rings is 1. The van der Waals surface area contributed by atoms with Crippen molar-refractivity contribution in [2.45, 2.75) is 12.3 Å². The number of aliphatic hydroxyl groups is 1. The SMILES string of the molecule is NC(=O)C(O)CNc1cc(C(F)(F)F)cc(Cl)n1. The lowest BCUT2D eigenvalue weighted by atomic mass is 10.2. The molecule has 0 bridgehead atoms. The Bertz CT molecular complexity index is 453. The molecule has 1 unspecified atom stereocenters. The molecule has 1 aromatic rings. The van der Waals surface area contributed by atoms with Gasteiger partial charge in [-0.1, -0.05) is 11.6 Å². The van der Waals surface area contributed by atoms with E-state index in [9.17, 15) is 18.0 Å². The summed E-state index contributed by atoms with van der Waals surface area (Å²) in [6, 6.07) is 1.37. The number of primary amides is 1. The highest BCUT2D eigenvalue weighted by Crippen LogP contribution is 2.31. The zero-order valence-corrected chi connectivity index (χ0v) is 9.59. The van der Waals surface area contributed by atoms with Gasteiger partial charge in [-0.3, -0.25) is 4.79 Å². The second-order valence-electron chi connectivity index (χ2n) is 3.36. The molecule has 0 fully saturated rings. The molecule has 1 heterocycles. The van der Waals surface area contributed by atoms with Gasteiger partial charge in [0.15, 0.2) is 0 Å². The normalized spacial score (nSPS) is 13.2. The second-order valence-corrected chi connectivity index (χ2v) is 3.75. The summed E-state index contributed by atoms with van der Waals surface area (Å²) >= 11 is 5.43. The molecule has 18 heavy (non-hydrogen) atoms. The maximum atomic E-state index is 12.4. The van der Waals surface area contributed by atoms with Crippen LogP contribution in [-0.4, -0.2) is 28.6 Å². The number of hydrogen-bond donors (Lipinski definition) is 3. The Morgan fingerprint density at radius 2 is 2.17 bits per heavy atom. The summed E-state index contributed by atoms with van der Waals surface area (Å²) in [5, 5.41) is 11.0. The fourth-order valence-corrected chi connectivity index (χ4v) is 1.26. The number of rotatable bonds is 4. The van der Waals surface area contributed by atoms with Crippen LogP contribution < -0.4 is 11.1 Å². The molecule has 0 saturated carbocycles. The number of alkyl halides is 3. The van der Waals surface area contributed by atoms with Gasteiger partial charge >= 0.3 is 6.18 Å². The van der Waals surface area contributed by atoms with E-state index in [2.05, 4.69) is 10.3 Å². The number of hydrogen-bond acceptors (Lipinski definition) is 4. The number of halogens is 4. The molecule has 1 rings (SSSR count). The van der Waals surface area contributed by atoms with Gasteiger partial charge in [0.2, 0.25) is 5.91 Å². The van der Waals surface area contributed by atoms with Gasteiger partial charge in [-0.25, -0.2) is 4.98 Å². The monoisotopic (exact) mass is 283 g/mol. The minimum absolute atomic E-state index is 0.213. The molecule has 9 heteroatoms. The summed E-state index contributed by atoms with van der Waals surface area (Å²) in [4.78, 5) is 14.1. The number of carbonyl (C=O) groups is 1. The van der Waals surface area contributed by atoms with Crippen molar-refractivity contribution in [1.82, 2.24) is 4.98 Å².